The molecule has 0 aliphatic carbocycles. The minimum Gasteiger partial charge on any atom is -0.351 e. The molecule has 1 amide bonds. The zero-order valence-electron chi connectivity index (χ0n) is 13.1. The van der Waals surface area contributed by atoms with E-state index in [9.17, 15) is 13.2 Å². The average molecular weight is 332 g/mol. The van der Waals surface area contributed by atoms with Crippen molar-refractivity contribution in [2.45, 2.75) is 31.3 Å². The summed E-state index contributed by atoms with van der Waals surface area (Å²) in [5.74, 6) is -0.371. The van der Waals surface area contributed by atoms with Crippen LogP contribution in [0.25, 0.3) is 0 Å². The Balaban J connectivity index is 1.96. The van der Waals surface area contributed by atoms with Crippen LogP contribution in [0.5, 0.6) is 0 Å². The van der Waals surface area contributed by atoms with E-state index in [1.165, 1.54) is 19.1 Å². The lowest BCUT2D eigenvalue weighted by Gasteiger charge is -2.14. The standard InChI is InChI=1S/C17H20N2O3S/c1-13-8-10-16(11-9-13)23(21,22)19-14(2)17(20)18-12-15-6-4-3-5-7-15/h3-11,14,19H,12H2,1-2H3,(H,18,20). The highest BCUT2D eigenvalue weighted by Crippen LogP contribution is 2.10. The van der Waals surface area contributed by atoms with Gasteiger partial charge in [-0.3, -0.25) is 4.79 Å². The molecule has 5 nitrogen and oxygen atoms in total. The smallest absolute Gasteiger partial charge is 0.241 e. The maximum Gasteiger partial charge on any atom is 0.241 e. The van der Waals surface area contributed by atoms with E-state index in [1.807, 2.05) is 37.3 Å². The van der Waals surface area contributed by atoms with Crippen molar-refractivity contribution in [3.63, 3.8) is 0 Å². The summed E-state index contributed by atoms with van der Waals surface area (Å²) < 4.78 is 26.9. The molecular weight excluding hydrogens is 312 g/mol. The van der Waals surface area contributed by atoms with Crippen LogP contribution in [0.2, 0.25) is 0 Å². The number of amides is 1. The third-order valence-corrected chi connectivity index (χ3v) is 4.92. The maximum absolute atomic E-state index is 12.2. The van der Waals surface area contributed by atoms with Gasteiger partial charge in [-0.2, -0.15) is 4.72 Å². The van der Waals surface area contributed by atoms with Crippen LogP contribution in [-0.4, -0.2) is 20.4 Å². The molecule has 0 aromatic heterocycles. The number of sulfonamides is 1. The van der Waals surface area contributed by atoms with Gasteiger partial charge in [0.05, 0.1) is 10.9 Å². The summed E-state index contributed by atoms with van der Waals surface area (Å²) in [5.41, 5.74) is 1.92. The molecule has 0 aliphatic rings. The van der Waals surface area contributed by atoms with Crippen molar-refractivity contribution in [3.05, 3.63) is 65.7 Å². The van der Waals surface area contributed by atoms with Gasteiger partial charge in [-0.15, -0.1) is 0 Å². The highest BCUT2D eigenvalue weighted by Gasteiger charge is 2.21. The second-order valence-corrected chi connectivity index (χ2v) is 7.07. The predicted molar refractivity (Wildman–Crippen MR) is 89.3 cm³/mol. The SMILES string of the molecule is Cc1ccc(S(=O)(=O)NC(C)C(=O)NCc2ccccc2)cc1. The van der Waals surface area contributed by atoms with Crippen LogP contribution >= 0.6 is 0 Å². The van der Waals surface area contributed by atoms with E-state index in [-0.39, 0.29) is 10.8 Å². The quantitative estimate of drug-likeness (QED) is 0.849. The number of aryl methyl sites for hydroxylation is 1. The Kier molecular flexibility index (Phi) is 5.52. The first-order valence-electron chi connectivity index (χ1n) is 7.29. The van der Waals surface area contributed by atoms with Gasteiger partial charge in [-0.25, -0.2) is 8.42 Å². The van der Waals surface area contributed by atoms with E-state index < -0.39 is 16.1 Å². The predicted octanol–water partition coefficient (Wildman–Crippen LogP) is 1.98. The van der Waals surface area contributed by atoms with Gasteiger partial charge < -0.3 is 5.32 Å². The first-order valence-corrected chi connectivity index (χ1v) is 8.77. The fourth-order valence-corrected chi connectivity index (χ4v) is 3.21. The Hall–Kier alpha value is -2.18. The number of hydrogen-bond donors (Lipinski definition) is 2. The molecule has 1 unspecified atom stereocenters. The molecule has 122 valence electrons. The first-order chi connectivity index (χ1) is 10.9. The van der Waals surface area contributed by atoms with E-state index in [0.717, 1.165) is 11.1 Å². The summed E-state index contributed by atoms with van der Waals surface area (Å²) in [4.78, 5) is 12.2. The molecule has 0 radical (unpaired) electrons. The van der Waals surface area contributed by atoms with E-state index in [2.05, 4.69) is 10.0 Å². The van der Waals surface area contributed by atoms with Crippen molar-refractivity contribution in [3.8, 4) is 0 Å². The number of carbonyl (C=O) groups is 1. The van der Waals surface area contributed by atoms with Crippen LogP contribution in [0.4, 0.5) is 0 Å². The lowest BCUT2D eigenvalue weighted by molar-refractivity contribution is -0.122. The number of hydrogen-bond acceptors (Lipinski definition) is 3. The van der Waals surface area contributed by atoms with Crippen LogP contribution in [0.3, 0.4) is 0 Å². The summed E-state index contributed by atoms with van der Waals surface area (Å²) in [5, 5.41) is 2.72. The van der Waals surface area contributed by atoms with Crippen LogP contribution in [0.15, 0.2) is 59.5 Å². The molecule has 0 aliphatic heterocycles. The minimum atomic E-state index is -3.72. The van der Waals surface area contributed by atoms with Gasteiger partial charge >= 0.3 is 0 Å². The van der Waals surface area contributed by atoms with Crippen molar-refractivity contribution in [1.29, 1.82) is 0 Å². The Bertz CT molecular complexity index is 756. The molecule has 1 atom stereocenters. The number of carbonyl (C=O) groups excluding carboxylic acids is 1. The molecule has 2 aromatic rings. The Morgan fingerprint density at radius 2 is 1.65 bits per heavy atom. The van der Waals surface area contributed by atoms with Gasteiger partial charge in [-0.05, 0) is 31.5 Å². The lowest BCUT2D eigenvalue weighted by Crippen LogP contribution is -2.44. The summed E-state index contributed by atoms with van der Waals surface area (Å²) >= 11 is 0. The number of rotatable bonds is 6. The summed E-state index contributed by atoms with van der Waals surface area (Å²) in [6, 6.07) is 15.1. The summed E-state index contributed by atoms with van der Waals surface area (Å²) in [6.07, 6.45) is 0. The lowest BCUT2D eigenvalue weighted by atomic mass is 10.2. The molecule has 2 aromatic carbocycles. The zero-order chi connectivity index (χ0) is 16.9. The summed E-state index contributed by atoms with van der Waals surface area (Å²) in [6.45, 7) is 3.76. The number of benzene rings is 2. The van der Waals surface area contributed by atoms with Crippen LogP contribution in [0.1, 0.15) is 18.1 Å². The van der Waals surface area contributed by atoms with Crippen LogP contribution in [0, 0.1) is 6.92 Å². The number of nitrogens with one attached hydrogen (secondary N) is 2. The van der Waals surface area contributed by atoms with Crippen molar-refractivity contribution in [2.24, 2.45) is 0 Å². The van der Waals surface area contributed by atoms with E-state index >= 15 is 0 Å². The molecule has 0 bridgehead atoms. The van der Waals surface area contributed by atoms with Gasteiger partial charge in [0.15, 0.2) is 0 Å². The molecule has 0 spiro atoms. The van der Waals surface area contributed by atoms with Gasteiger partial charge in [0, 0.05) is 6.54 Å². The zero-order valence-corrected chi connectivity index (χ0v) is 13.9. The first kappa shape index (κ1) is 17.2. The van der Waals surface area contributed by atoms with E-state index in [1.54, 1.807) is 12.1 Å². The van der Waals surface area contributed by atoms with E-state index in [4.69, 9.17) is 0 Å². The molecule has 0 saturated heterocycles. The van der Waals surface area contributed by atoms with Gasteiger partial charge in [-0.1, -0.05) is 48.0 Å². The molecule has 2 N–H and O–H groups in total. The molecular formula is C17H20N2O3S. The van der Waals surface area contributed by atoms with Crippen molar-refractivity contribution in [2.75, 3.05) is 0 Å². The minimum absolute atomic E-state index is 0.144. The van der Waals surface area contributed by atoms with Crippen LogP contribution in [-0.2, 0) is 21.4 Å². The van der Waals surface area contributed by atoms with Crippen molar-refractivity contribution >= 4 is 15.9 Å². The largest absolute Gasteiger partial charge is 0.351 e. The fraction of sp³-hybridized carbons (Fsp3) is 0.235. The van der Waals surface area contributed by atoms with Gasteiger partial charge in [0.25, 0.3) is 0 Å². The Morgan fingerprint density at radius 3 is 2.26 bits per heavy atom. The summed E-state index contributed by atoms with van der Waals surface area (Å²) in [7, 11) is -3.72. The third-order valence-electron chi connectivity index (χ3n) is 3.37. The van der Waals surface area contributed by atoms with Crippen LogP contribution < -0.4 is 10.0 Å². The fourth-order valence-electron chi connectivity index (χ4n) is 2.01. The third kappa shape index (κ3) is 4.91. The average Bonchev–Trinajstić information content (AvgIpc) is 2.53. The van der Waals surface area contributed by atoms with Crippen molar-refractivity contribution < 1.29 is 13.2 Å². The van der Waals surface area contributed by atoms with E-state index in [0.29, 0.717) is 6.54 Å². The Morgan fingerprint density at radius 1 is 1.04 bits per heavy atom. The molecule has 0 saturated carbocycles. The normalized spacial score (nSPS) is 12.6. The highest BCUT2D eigenvalue weighted by molar-refractivity contribution is 7.89. The van der Waals surface area contributed by atoms with Gasteiger partial charge in [0.1, 0.15) is 0 Å². The molecule has 2 rings (SSSR count). The molecule has 6 heteroatoms. The maximum atomic E-state index is 12.2. The molecule has 0 heterocycles. The second-order valence-electron chi connectivity index (χ2n) is 5.36. The molecule has 23 heavy (non-hydrogen) atoms. The second kappa shape index (κ2) is 7.39. The highest BCUT2D eigenvalue weighted by atomic mass is 32.2. The van der Waals surface area contributed by atoms with Gasteiger partial charge in [0.2, 0.25) is 15.9 Å². The Labute approximate surface area is 136 Å². The molecule has 0 fully saturated rings. The monoisotopic (exact) mass is 332 g/mol. The van der Waals surface area contributed by atoms with Crippen molar-refractivity contribution in [1.82, 2.24) is 10.0 Å². The topological polar surface area (TPSA) is 75.3 Å².